The zero-order valence-electron chi connectivity index (χ0n) is 17.0. The van der Waals surface area contributed by atoms with Gasteiger partial charge < -0.3 is 15.6 Å². The van der Waals surface area contributed by atoms with Crippen LogP contribution in [0, 0.1) is 6.92 Å². The number of thioether (sulfide) groups is 1. The number of benzene rings is 1. The number of thiophene rings is 1. The van der Waals surface area contributed by atoms with E-state index in [0.29, 0.717) is 23.6 Å². The summed E-state index contributed by atoms with van der Waals surface area (Å²) < 4.78 is 2.28. The number of hydrogen-bond donors (Lipinski definition) is 2. The monoisotopic (exact) mass is 450 g/mol. The highest BCUT2D eigenvalue weighted by molar-refractivity contribution is 7.98. The maximum absolute atomic E-state index is 5.94. The van der Waals surface area contributed by atoms with Gasteiger partial charge in [0, 0.05) is 23.0 Å². The lowest BCUT2D eigenvalue weighted by Gasteiger charge is -2.10. The third kappa shape index (κ3) is 4.70. The molecule has 5 rings (SSSR count). The van der Waals surface area contributed by atoms with Crippen molar-refractivity contribution in [3.05, 3.63) is 63.9 Å². The molecular formula is C21H22N8S2. The van der Waals surface area contributed by atoms with Gasteiger partial charge in [0.25, 0.3) is 0 Å². The fourth-order valence-corrected chi connectivity index (χ4v) is 4.90. The van der Waals surface area contributed by atoms with Crippen LogP contribution < -0.4 is 11.1 Å². The van der Waals surface area contributed by atoms with Crippen LogP contribution in [-0.4, -0.2) is 29.7 Å². The van der Waals surface area contributed by atoms with Crippen LogP contribution in [0.1, 0.15) is 41.0 Å². The van der Waals surface area contributed by atoms with Gasteiger partial charge in [-0.25, -0.2) is 0 Å². The van der Waals surface area contributed by atoms with E-state index >= 15 is 0 Å². The van der Waals surface area contributed by atoms with Crippen LogP contribution in [0.3, 0.4) is 0 Å². The summed E-state index contributed by atoms with van der Waals surface area (Å²) in [6, 6.07) is 12.7. The fraction of sp³-hybridized carbons (Fsp3) is 0.286. The molecule has 0 amide bonds. The number of hydrogen-bond acceptors (Lipinski definition) is 9. The number of rotatable bonds is 8. The van der Waals surface area contributed by atoms with Gasteiger partial charge in [-0.1, -0.05) is 36.0 Å². The summed E-state index contributed by atoms with van der Waals surface area (Å²) in [5, 5.41) is 15.2. The largest absolute Gasteiger partial charge is 0.368 e. The highest BCUT2D eigenvalue weighted by Crippen LogP contribution is 2.39. The minimum absolute atomic E-state index is 0.198. The van der Waals surface area contributed by atoms with Crippen molar-refractivity contribution < 1.29 is 0 Å². The Kier molecular flexibility index (Phi) is 5.56. The van der Waals surface area contributed by atoms with Crippen molar-refractivity contribution in [2.45, 2.75) is 43.1 Å². The number of aryl methyl sites for hydroxylation is 1. The molecule has 0 saturated heterocycles. The maximum Gasteiger partial charge on any atom is 0.232 e. The Bertz CT molecular complexity index is 1180. The quantitative estimate of drug-likeness (QED) is 0.381. The average Bonchev–Trinajstić information content (AvgIpc) is 3.30. The normalized spacial score (nSPS) is 13.5. The molecule has 3 aromatic heterocycles. The summed E-state index contributed by atoms with van der Waals surface area (Å²) >= 11 is 3.33. The number of nitrogen functional groups attached to an aromatic ring is 1. The van der Waals surface area contributed by atoms with Crippen LogP contribution >= 0.6 is 23.1 Å². The molecule has 3 N–H and O–H groups in total. The molecule has 0 unspecified atom stereocenters. The van der Waals surface area contributed by atoms with Crippen molar-refractivity contribution in [1.82, 2.24) is 29.7 Å². The lowest BCUT2D eigenvalue weighted by Crippen LogP contribution is -2.07. The van der Waals surface area contributed by atoms with Crippen LogP contribution in [0.2, 0.25) is 0 Å². The summed E-state index contributed by atoms with van der Waals surface area (Å²) in [7, 11) is 0. The second kappa shape index (κ2) is 8.64. The topological polar surface area (TPSA) is 107 Å². The molecule has 0 bridgehead atoms. The van der Waals surface area contributed by atoms with Crippen molar-refractivity contribution in [1.29, 1.82) is 0 Å². The highest BCUT2D eigenvalue weighted by atomic mass is 32.2. The van der Waals surface area contributed by atoms with Gasteiger partial charge in [0.1, 0.15) is 11.6 Å². The Labute approximate surface area is 188 Å². The van der Waals surface area contributed by atoms with E-state index in [4.69, 9.17) is 5.73 Å². The summed E-state index contributed by atoms with van der Waals surface area (Å²) in [5.74, 6) is 2.81. The van der Waals surface area contributed by atoms with E-state index in [1.54, 1.807) is 23.1 Å². The van der Waals surface area contributed by atoms with E-state index < -0.39 is 0 Å². The van der Waals surface area contributed by atoms with E-state index in [-0.39, 0.29) is 5.95 Å². The molecule has 10 heteroatoms. The summed E-state index contributed by atoms with van der Waals surface area (Å²) in [6.07, 6.45) is 3.16. The Morgan fingerprint density at radius 2 is 2.00 bits per heavy atom. The summed E-state index contributed by atoms with van der Waals surface area (Å²) in [4.78, 5) is 14.4. The molecule has 1 saturated carbocycles. The van der Waals surface area contributed by atoms with E-state index in [0.717, 1.165) is 28.7 Å². The zero-order valence-corrected chi connectivity index (χ0v) is 18.7. The van der Waals surface area contributed by atoms with Crippen molar-refractivity contribution in [3.8, 4) is 0 Å². The smallest absolute Gasteiger partial charge is 0.232 e. The maximum atomic E-state index is 5.94. The van der Waals surface area contributed by atoms with Gasteiger partial charge in [-0.2, -0.15) is 15.0 Å². The van der Waals surface area contributed by atoms with E-state index in [1.807, 2.05) is 31.2 Å². The van der Waals surface area contributed by atoms with E-state index in [9.17, 15) is 0 Å². The first-order valence-electron chi connectivity index (χ1n) is 10.1. The minimum Gasteiger partial charge on any atom is -0.368 e. The number of anilines is 3. The van der Waals surface area contributed by atoms with Crippen molar-refractivity contribution >= 4 is 40.7 Å². The number of nitrogens with zero attached hydrogens (tertiary/aromatic N) is 6. The fourth-order valence-electron chi connectivity index (χ4n) is 3.32. The van der Waals surface area contributed by atoms with Crippen molar-refractivity contribution in [3.63, 3.8) is 0 Å². The predicted octanol–water partition coefficient (Wildman–Crippen LogP) is 4.38. The second-order valence-corrected chi connectivity index (χ2v) is 9.39. The van der Waals surface area contributed by atoms with Crippen LogP contribution in [0.5, 0.6) is 0 Å². The molecular weight excluding hydrogens is 428 g/mol. The third-order valence-electron chi connectivity index (χ3n) is 4.98. The lowest BCUT2D eigenvalue weighted by atomic mass is 10.2. The Morgan fingerprint density at radius 3 is 2.77 bits per heavy atom. The SMILES string of the molecule is Cc1ccccc1Nc1nc(N)nc(CSc2nnc(Cc3cccs3)n2C2CC2)n1. The number of para-hydroxylation sites is 1. The molecule has 0 aliphatic heterocycles. The van der Waals surface area contributed by atoms with Crippen molar-refractivity contribution in [2.24, 2.45) is 0 Å². The lowest BCUT2D eigenvalue weighted by molar-refractivity contribution is 0.635. The molecule has 31 heavy (non-hydrogen) atoms. The number of nitrogens with two attached hydrogens (primary N) is 1. The molecule has 1 aromatic carbocycles. The van der Waals surface area contributed by atoms with Gasteiger partial charge >= 0.3 is 0 Å². The summed E-state index contributed by atoms with van der Waals surface area (Å²) in [5.41, 5.74) is 7.99. The van der Waals surface area contributed by atoms with E-state index in [1.165, 1.54) is 17.7 Å². The van der Waals surface area contributed by atoms with Gasteiger partial charge in [0.2, 0.25) is 11.9 Å². The standard InChI is InChI=1S/C21H22N8S2/c1-13-5-2-3-7-16(13)23-20-25-17(24-19(22)26-20)12-31-21-28-27-18(29(21)14-8-9-14)11-15-6-4-10-30-15/h2-7,10,14H,8-9,11-12H2,1H3,(H3,22,23,24,25,26). The van der Waals surface area contributed by atoms with E-state index in [2.05, 4.69) is 52.5 Å². The molecule has 8 nitrogen and oxygen atoms in total. The zero-order chi connectivity index (χ0) is 21.2. The third-order valence-corrected chi connectivity index (χ3v) is 6.80. The highest BCUT2D eigenvalue weighted by Gasteiger charge is 2.29. The number of nitrogens with one attached hydrogen (secondary N) is 1. The van der Waals surface area contributed by atoms with Crippen LogP contribution in [0.15, 0.2) is 46.9 Å². The first kappa shape index (κ1) is 20.0. The van der Waals surface area contributed by atoms with Crippen molar-refractivity contribution in [2.75, 3.05) is 11.1 Å². The first-order chi connectivity index (χ1) is 15.2. The second-order valence-electron chi connectivity index (χ2n) is 7.42. The molecule has 1 aliphatic carbocycles. The first-order valence-corrected chi connectivity index (χ1v) is 11.9. The van der Waals surface area contributed by atoms with Gasteiger partial charge in [-0.15, -0.1) is 21.5 Å². The Hall–Kier alpha value is -2.98. The minimum atomic E-state index is 0.198. The Balaban J connectivity index is 1.33. The van der Waals surface area contributed by atoms with Crippen LogP contribution in [-0.2, 0) is 12.2 Å². The number of aromatic nitrogens is 6. The molecule has 1 fully saturated rings. The molecule has 1 aliphatic rings. The molecule has 0 spiro atoms. The molecule has 4 aromatic rings. The predicted molar refractivity (Wildman–Crippen MR) is 124 cm³/mol. The van der Waals surface area contributed by atoms with Gasteiger partial charge in [-0.05, 0) is 42.8 Å². The average molecular weight is 451 g/mol. The molecule has 158 valence electrons. The molecule has 3 heterocycles. The molecule has 0 atom stereocenters. The van der Waals surface area contributed by atoms with Gasteiger partial charge in [0.15, 0.2) is 5.16 Å². The van der Waals surface area contributed by atoms with Gasteiger partial charge in [0.05, 0.1) is 5.75 Å². The molecule has 0 radical (unpaired) electrons. The van der Waals surface area contributed by atoms with Gasteiger partial charge in [-0.3, -0.25) is 0 Å². The summed E-state index contributed by atoms with van der Waals surface area (Å²) in [6.45, 7) is 2.03. The Morgan fingerprint density at radius 1 is 1.13 bits per heavy atom. The van der Waals surface area contributed by atoms with Crippen LogP contribution in [0.25, 0.3) is 0 Å². The van der Waals surface area contributed by atoms with Crippen LogP contribution in [0.4, 0.5) is 17.6 Å².